The van der Waals surface area contributed by atoms with Gasteiger partial charge in [-0.3, -0.25) is 4.79 Å². The quantitative estimate of drug-likeness (QED) is 0.270. The molecule has 3 aliphatic rings. The van der Waals surface area contributed by atoms with Gasteiger partial charge in [-0.2, -0.15) is 0 Å². The van der Waals surface area contributed by atoms with Crippen LogP contribution in [0.5, 0.6) is 11.5 Å². The van der Waals surface area contributed by atoms with Gasteiger partial charge in [0.2, 0.25) is 0 Å². The van der Waals surface area contributed by atoms with Gasteiger partial charge in [0, 0.05) is 35.3 Å². The number of aliphatic hydroxyl groups is 2. The van der Waals surface area contributed by atoms with Crippen LogP contribution in [-0.4, -0.2) is 46.5 Å². The molecule has 10 heteroatoms. The Morgan fingerprint density at radius 1 is 1.14 bits per heavy atom. The predicted octanol–water partition coefficient (Wildman–Crippen LogP) is 5.79. The number of carbonyl (C=O) groups is 1. The van der Waals surface area contributed by atoms with Crippen molar-refractivity contribution in [2.24, 2.45) is 0 Å². The molecule has 0 spiro atoms. The molecule has 0 saturated heterocycles. The maximum atomic E-state index is 16.3. The van der Waals surface area contributed by atoms with Gasteiger partial charge in [-0.1, -0.05) is 41.9 Å². The number of hydrogen-bond acceptors (Lipinski definition) is 6. The summed E-state index contributed by atoms with van der Waals surface area (Å²) in [6, 6.07) is 12.5. The molecule has 4 N–H and O–H groups in total. The van der Waals surface area contributed by atoms with E-state index in [0.29, 0.717) is 18.4 Å². The average molecular weight is 613 g/mol. The molecule has 0 aromatic heterocycles. The van der Waals surface area contributed by atoms with Gasteiger partial charge in [0.05, 0.1) is 21.8 Å². The van der Waals surface area contributed by atoms with Gasteiger partial charge in [-0.05, 0) is 64.2 Å². The summed E-state index contributed by atoms with van der Waals surface area (Å²) in [4.78, 5) is 13.8. The molecule has 7 nitrogen and oxygen atoms in total. The number of amides is 1. The second-order valence-corrected chi connectivity index (χ2v) is 13.2. The second kappa shape index (κ2) is 10.7. The summed E-state index contributed by atoms with van der Waals surface area (Å²) >= 11 is 6.61. The number of halogens is 3. The number of carbonyl (C=O) groups excluding carboxylic acids is 1. The standard InChI is InChI=1S/C33H35ClF2N2O5/c1-31(2,40)17-42-22-10-9-20-24(28(22)36)26-25-23(15-21(35)27(26)34)43-33(29(25)38-30(20)39,18-7-5-4-6-8-18)16-37-19-11-13-32(3,41)14-12-19/h4-10,15,19,29,37,40-41H,11-14,16-17H2,1-3H3,(H,38,39)/t19?,29-,32?,33+/m0/s1. The summed E-state index contributed by atoms with van der Waals surface area (Å²) in [7, 11) is 0. The van der Waals surface area contributed by atoms with Crippen LogP contribution in [-0.2, 0) is 5.60 Å². The number of benzene rings is 3. The first-order chi connectivity index (χ1) is 20.3. The van der Waals surface area contributed by atoms with Crippen molar-refractivity contribution in [2.75, 3.05) is 13.2 Å². The van der Waals surface area contributed by atoms with E-state index in [1.165, 1.54) is 32.0 Å². The first-order valence-electron chi connectivity index (χ1n) is 14.5. The minimum absolute atomic E-state index is 0.0211. The maximum absolute atomic E-state index is 16.3. The van der Waals surface area contributed by atoms with Crippen molar-refractivity contribution >= 4 is 17.5 Å². The molecule has 0 bridgehead atoms. The normalized spacial score (nSPS) is 26.2. The summed E-state index contributed by atoms with van der Waals surface area (Å²) in [5.74, 6) is -2.34. The summed E-state index contributed by atoms with van der Waals surface area (Å²) in [5.41, 5.74) is -2.28. The van der Waals surface area contributed by atoms with Crippen molar-refractivity contribution in [2.45, 2.75) is 75.3 Å². The molecule has 6 rings (SSSR count). The van der Waals surface area contributed by atoms with Gasteiger partial charge in [0.25, 0.3) is 5.91 Å². The molecular weight excluding hydrogens is 578 g/mol. The van der Waals surface area contributed by atoms with Crippen LogP contribution in [0, 0.1) is 11.6 Å². The molecule has 0 radical (unpaired) electrons. The lowest BCUT2D eigenvalue weighted by Gasteiger charge is -2.39. The van der Waals surface area contributed by atoms with Crippen molar-refractivity contribution in [3.63, 3.8) is 0 Å². The van der Waals surface area contributed by atoms with E-state index in [1.807, 2.05) is 37.3 Å². The summed E-state index contributed by atoms with van der Waals surface area (Å²) in [6.07, 6.45) is 2.78. The van der Waals surface area contributed by atoms with E-state index in [0.717, 1.165) is 18.4 Å². The fourth-order valence-electron chi connectivity index (χ4n) is 6.40. The smallest absolute Gasteiger partial charge is 0.252 e. The Balaban J connectivity index is 1.49. The number of fused-ring (bicyclic) bond motifs is 2. The van der Waals surface area contributed by atoms with Gasteiger partial charge in [0.15, 0.2) is 17.2 Å². The van der Waals surface area contributed by atoms with Crippen LogP contribution in [0.15, 0.2) is 48.5 Å². The molecule has 2 heterocycles. The van der Waals surface area contributed by atoms with Crippen molar-refractivity contribution in [1.29, 1.82) is 0 Å². The van der Waals surface area contributed by atoms with Crippen LogP contribution >= 0.6 is 11.6 Å². The molecule has 43 heavy (non-hydrogen) atoms. The van der Waals surface area contributed by atoms with E-state index >= 15 is 8.78 Å². The fraction of sp³-hybridized carbons (Fsp3) is 0.424. The second-order valence-electron chi connectivity index (χ2n) is 12.8. The van der Waals surface area contributed by atoms with Crippen molar-refractivity contribution < 1.29 is 33.3 Å². The van der Waals surface area contributed by atoms with Crippen molar-refractivity contribution in [1.82, 2.24) is 10.6 Å². The minimum atomic E-state index is -1.25. The Hall–Kier alpha value is -3.24. The molecule has 1 fully saturated rings. The van der Waals surface area contributed by atoms with Gasteiger partial charge in [0.1, 0.15) is 24.2 Å². The zero-order valence-electron chi connectivity index (χ0n) is 24.3. The topological polar surface area (TPSA) is 100 Å². The zero-order valence-corrected chi connectivity index (χ0v) is 25.0. The van der Waals surface area contributed by atoms with Gasteiger partial charge in [-0.25, -0.2) is 8.78 Å². The third kappa shape index (κ3) is 5.37. The van der Waals surface area contributed by atoms with Crippen LogP contribution in [0.25, 0.3) is 11.1 Å². The Labute approximate surface area is 254 Å². The van der Waals surface area contributed by atoms with Gasteiger partial charge >= 0.3 is 0 Å². The lowest BCUT2D eigenvalue weighted by Crippen LogP contribution is -2.52. The molecule has 1 saturated carbocycles. The number of hydrogen-bond donors (Lipinski definition) is 4. The maximum Gasteiger partial charge on any atom is 0.252 e. The predicted molar refractivity (Wildman–Crippen MR) is 158 cm³/mol. The first-order valence-corrected chi connectivity index (χ1v) is 14.9. The summed E-state index contributed by atoms with van der Waals surface area (Å²) in [6.45, 7) is 4.90. The molecule has 228 valence electrons. The molecular formula is C33H35ClF2N2O5. The molecule has 2 atom stereocenters. The van der Waals surface area contributed by atoms with E-state index in [-0.39, 0.29) is 52.4 Å². The van der Waals surface area contributed by atoms with E-state index in [1.54, 1.807) is 0 Å². The van der Waals surface area contributed by atoms with Crippen LogP contribution in [0.4, 0.5) is 8.78 Å². The Kier molecular flexibility index (Phi) is 7.44. The van der Waals surface area contributed by atoms with Crippen molar-refractivity contribution in [3.8, 4) is 22.6 Å². The molecule has 0 unspecified atom stereocenters. The highest BCUT2D eigenvalue weighted by molar-refractivity contribution is 6.34. The van der Waals surface area contributed by atoms with E-state index < -0.39 is 40.4 Å². The molecule has 3 aromatic rings. The highest BCUT2D eigenvalue weighted by atomic mass is 35.5. The highest BCUT2D eigenvalue weighted by Crippen LogP contribution is 2.57. The molecule has 2 aliphatic heterocycles. The summed E-state index contributed by atoms with van der Waals surface area (Å²) < 4.78 is 44.0. The number of ether oxygens (including phenoxy) is 2. The van der Waals surface area contributed by atoms with E-state index in [4.69, 9.17) is 21.1 Å². The van der Waals surface area contributed by atoms with Crippen molar-refractivity contribution in [3.05, 3.63) is 81.9 Å². The van der Waals surface area contributed by atoms with E-state index in [9.17, 15) is 15.0 Å². The monoisotopic (exact) mass is 612 g/mol. The molecule has 1 amide bonds. The largest absolute Gasteiger partial charge is 0.488 e. The minimum Gasteiger partial charge on any atom is -0.488 e. The lowest BCUT2D eigenvalue weighted by atomic mass is 9.80. The van der Waals surface area contributed by atoms with Crippen LogP contribution in [0.2, 0.25) is 5.02 Å². The molecule has 1 aliphatic carbocycles. The third-order valence-electron chi connectivity index (χ3n) is 8.70. The average Bonchev–Trinajstić information content (AvgIpc) is 3.17. The first kappa shape index (κ1) is 29.8. The third-order valence-corrected chi connectivity index (χ3v) is 9.07. The van der Waals surface area contributed by atoms with Crippen LogP contribution in [0.3, 0.4) is 0 Å². The fourth-order valence-corrected chi connectivity index (χ4v) is 6.65. The SMILES string of the molecule is CC(C)(O)COc1ccc2c(c1F)-c1c(Cl)c(F)cc3c1[C@H](NC2=O)[C@@](CNC1CCC(C)(O)CC1)(c1ccccc1)O3. The number of rotatable bonds is 7. The zero-order chi connectivity index (χ0) is 30.7. The highest BCUT2D eigenvalue weighted by Gasteiger charge is 2.54. The Morgan fingerprint density at radius 2 is 1.84 bits per heavy atom. The van der Waals surface area contributed by atoms with Gasteiger partial charge < -0.3 is 30.3 Å². The van der Waals surface area contributed by atoms with Crippen LogP contribution < -0.4 is 20.1 Å². The molecule has 3 aromatic carbocycles. The summed E-state index contributed by atoms with van der Waals surface area (Å²) in [5, 5.41) is 26.9. The number of nitrogens with one attached hydrogen (secondary N) is 2. The Morgan fingerprint density at radius 3 is 2.51 bits per heavy atom. The van der Waals surface area contributed by atoms with Crippen LogP contribution in [0.1, 0.15) is 74.0 Å². The Bertz CT molecular complexity index is 1570. The van der Waals surface area contributed by atoms with E-state index in [2.05, 4.69) is 10.6 Å². The lowest BCUT2D eigenvalue weighted by molar-refractivity contribution is 0.00707. The van der Waals surface area contributed by atoms with Gasteiger partial charge in [-0.15, -0.1) is 0 Å².